The maximum absolute atomic E-state index is 5.78. The molecule has 1 saturated carbocycles. The van der Waals surface area contributed by atoms with Gasteiger partial charge in [-0.15, -0.1) is 0 Å². The highest BCUT2D eigenvalue weighted by Gasteiger charge is 2.28. The summed E-state index contributed by atoms with van der Waals surface area (Å²) in [4.78, 5) is 2.32. The number of hydrogen-bond donors (Lipinski definition) is 1. The average Bonchev–Trinajstić information content (AvgIpc) is 2.19. The van der Waals surface area contributed by atoms with Crippen molar-refractivity contribution in [3.05, 3.63) is 0 Å². The lowest BCUT2D eigenvalue weighted by atomic mass is 9.89. The standard InChI is InChI=1S/C12H26N2O/c1-4-13-11-9-12(10-11)15-8-6-7-14(3)5-2/h11-13H,4-10H2,1-3H3/t11-,12-. The molecule has 0 aromatic rings. The van der Waals surface area contributed by atoms with Crippen molar-refractivity contribution in [2.75, 3.05) is 33.3 Å². The minimum absolute atomic E-state index is 0.529. The summed E-state index contributed by atoms with van der Waals surface area (Å²) in [5, 5.41) is 3.44. The van der Waals surface area contributed by atoms with Gasteiger partial charge in [-0.05, 0) is 39.4 Å². The molecule has 1 rings (SSSR count). The highest BCUT2D eigenvalue weighted by atomic mass is 16.5. The molecule has 0 aromatic carbocycles. The van der Waals surface area contributed by atoms with Gasteiger partial charge in [0.25, 0.3) is 0 Å². The lowest BCUT2D eigenvalue weighted by molar-refractivity contribution is -0.0185. The van der Waals surface area contributed by atoms with Gasteiger partial charge in [-0.25, -0.2) is 0 Å². The van der Waals surface area contributed by atoms with E-state index in [1.165, 1.54) is 12.8 Å². The van der Waals surface area contributed by atoms with E-state index >= 15 is 0 Å². The topological polar surface area (TPSA) is 24.5 Å². The summed E-state index contributed by atoms with van der Waals surface area (Å²) in [5.41, 5.74) is 0. The zero-order valence-corrected chi connectivity index (χ0v) is 10.5. The summed E-state index contributed by atoms with van der Waals surface area (Å²) in [6, 6.07) is 0.721. The second kappa shape index (κ2) is 7.20. The molecule has 3 heteroatoms. The van der Waals surface area contributed by atoms with Crippen LogP contribution in [-0.2, 0) is 4.74 Å². The molecule has 90 valence electrons. The molecule has 1 N–H and O–H groups in total. The Balaban J connectivity index is 1.86. The number of rotatable bonds is 8. The Kier molecular flexibility index (Phi) is 6.22. The Labute approximate surface area is 94.2 Å². The van der Waals surface area contributed by atoms with Crippen LogP contribution in [0.2, 0.25) is 0 Å². The first-order valence-electron chi connectivity index (χ1n) is 6.29. The van der Waals surface area contributed by atoms with Crippen LogP contribution in [0.1, 0.15) is 33.1 Å². The van der Waals surface area contributed by atoms with E-state index in [1.54, 1.807) is 0 Å². The molecule has 0 unspecified atom stereocenters. The molecule has 0 spiro atoms. The second-order valence-electron chi connectivity index (χ2n) is 4.47. The Hall–Kier alpha value is -0.120. The van der Waals surface area contributed by atoms with Crippen LogP contribution in [0.15, 0.2) is 0 Å². The predicted octanol–water partition coefficient (Wildman–Crippen LogP) is 1.49. The van der Waals surface area contributed by atoms with Crippen molar-refractivity contribution in [2.45, 2.75) is 45.3 Å². The van der Waals surface area contributed by atoms with Gasteiger partial charge in [0.15, 0.2) is 0 Å². The van der Waals surface area contributed by atoms with Crippen LogP contribution in [0.3, 0.4) is 0 Å². The Morgan fingerprint density at radius 1 is 1.33 bits per heavy atom. The Morgan fingerprint density at radius 2 is 2.07 bits per heavy atom. The van der Waals surface area contributed by atoms with E-state index in [1.807, 2.05) is 0 Å². The van der Waals surface area contributed by atoms with Crippen molar-refractivity contribution >= 4 is 0 Å². The molecule has 0 saturated heterocycles. The highest BCUT2D eigenvalue weighted by molar-refractivity contribution is 4.85. The Bertz CT molecular complexity index is 158. The van der Waals surface area contributed by atoms with E-state index in [9.17, 15) is 0 Å². The van der Waals surface area contributed by atoms with Crippen LogP contribution < -0.4 is 5.32 Å². The third-order valence-corrected chi connectivity index (χ3v) is 3.17. The van der Waals surface area contributed by atoms with Crippen molar-refractivity contribution < 1.29 is 4.74 Å². The van der Waals surface area contributed by atoms with E-state index in [2.05, 4.69) is 31.1 Å². The summed E-state index contributed by atoms with van der Waals surface area (Å²) >= 11 is 0. The normalized spacial score (nSPS) is 25.6. The SMILES string of the molecule is CCN[C@H]1C[C@H](OCCCN(C)CC)C1. The number of ether oxygens (including phenoxy) is 1. The fourth-order valence-corrected chi connectivity index (χ4v) is 1.90. The predicted molar refractivity (Wildman–Crippen MR) is 64.2 cm³/mol. The molecule has 3 nitrogen and oxygen atoms in total. The van der Waals surface area contributed by atoms with E-state index in [-0.39, 0.29) is 0 Å². The quantitative estimate of drug-likeness (QED) is 0.620. The van der Waals surface area contributed by atoms with Gasteiger partial charge in [0.2, 0.25) is 0 Å². The van der Waals surface area contributed by atoms with Crippen LogP contribution in [0.4, 0.5) is 0 Å². The third-order valence-electron chi connectivity index (χ3n) is 3.17. The van der Waals surface area contributed by atoms with E-state index in [4.69, 9.17) is 4.74 Å². The fourth-order valence-electron chi connectivity index (χ4n) is 1.90. The Morgan fingerprint density at radius 3 is 2.67 bits per heavy atom. The van der Waals surface area contributed by atoms with Crippen molar-refractivity contribution in [2.24, 2.45) is 0 Å². The van der Waals surface area contributed by atoms with Gasteiger partial charge < -0.3 is 15.0 Å². The van der Waals surface area contributed by atoms with E-state index in [0.29, 0.717) is 6.10 Å². The number of nitrogens with one attached hydrogen (secondary N) is 1. The second-order valence-corrected chi connectivity index (χ2v) is 4.47. The molecule has 15 heavy (non-hydrogen) atoms. The van der Waals surface area contributed by atoms with Gasteiger partial charge in [0, 0.05) is 19.2 Å². The van der Waals surface area contributed by atoms with Crippen LogP contribution in [-0.4, -0.2) is 50.3 Å². The van der Waals surface area contributed by atoms with Crippen LogP contribution >= 0.6 is 0 Å². The first-order valence-corrected chi connectivity index (χ1v) is 6.29. The lowest BCUT2D eigenvalue weighted by Crippen LogP contribution is -2.45. The molecular formula is C12H26N2O. The van der Waals surface area contributed by atoms with Gasteiger partial charge in [-0.3, -0.25) is 0 Å². The zero-order chi connectivity index (χ0) is 11.1. The minimum Gasteiger partial charge on any atom is -0.378 e. The molecule has 1 aliphatic carbocycles. The average molecular weight is 214 g/mol. The van der Waals surface area contributed by atoms with Crippen molar-refractivity contribution in [1.82, 2.24) is 10.2 Å². The summed E-state index contributed by atoms with van der Waals surface area (Å²) in [6.07, 6.45) is 4.10. The van der Waals surface area contributed by atoms with Crippen LogP contribution in [0.25, 0.3) is 0 Å². The molecular weight excluding hydrogens is 188 g/mol. The molecule has 0 amide bonds. The largest absolute Gasteiger partial charge is 0.378 e. The molecule has 0 heterocycles. The fraction of sp³-hybridized carbons (Fsp3) is 1.00. The maximum Gasteiger partial charge on any atom is 0.0604 e. The highest BCUT2D eigenvalue weighted by Crippen LogP contribution is 2.23. The lowest BCUT2D eigenvalue weighted by Gasteiger charge is -2.35. The monoisotopic (exact) mass is 214 g/mol. The first-order chi connectivity index (χ1) is 7.26. The van der Waals surface area contributed by atoms with E-state index < -0.39 is 0 Å². The molecule has 0 bridgehead atoms. The van der Waals surface area contributed by atoms with Gasteiger partial charge in [0.1, 0.15) is 0 Å². The smallest absolute Gasteiger partial charge is 0.0604 e. The van der Waals surface area contributed by atoms with Crippen molar-refractivity contribution in [3.63, 3.8) is 0 Å². The molecule has 0 atom stereocenters. The molecule has 0 aliphatic heterocycles. The summed E-state index contributed by atoms with van der Waals surface area (Å²) in [5.74, 6) is 0. The third kappa shape index (κ3) is 4.96. The molecule has 0 radical (unpaired) electrons. The minimum atomic E-state index is 0.529. The van der Waals surface area contributed by atoms with Gasteiger partial charge in [-0.1, -0.05) is 13.8 Å². The number of hydrogen-bond acceptors (Lipinski definition) is 3. The molecule has 1 fully saturated rings. The van der Waals surface area contributed by atoms with Crippen LogP contribution in [0.5, 0.6) is 0 Å². The number of nitrogens with zero attached hydrogens (tertiary/aromatic N) is 1. The van der Waals surface area contributed by atoms with Gasteiger partial charge >= 0.3 is 0 Å². The van der Waals surface area contributed by atoms with Gasteiger partial charge in [0.05, 0.1) is 6.10 Å². The van der Waals surface area contributed by atoms with Crippen molar-refractivity contribution in [3.8, 4) is 0 Å². The summed E-state index contributed by atoms with van der Waals surface area (Å²) < 4.78 is 5.78. The maximum atomic E-state index is 5.78. The van der Waals surface area contributed by atoms with Gasteiger partial charge in [-0.2, -0.15) is 0 Å². The summed E-state index contributed by atoms with van der Waals surface area (Å²) in [6.45, 7) is 8.64. The molecule has 0 aromatic heterocycles. The summed E-state index contributed by atoms with van der Waals surface area (Å²) in [7, 11) is 2.16. The van der Waals surface area contributed by atoms with Crippen molar-refractivity contribution in [1.29, 1.82) is 0 Å². The zero-order valence-electron chi connectivity index (χ0n) is 10.5. The van der Waals surface area contributed by atoms with E-state index in [0.717, 1.165) is 38.7 Å². The van der Waals surface area contributed by atoms with Crippen LogP contribution in [0, 0.1) is 0 Å². The molecule has 1 aliphatic rings. The first kappa shape index (κ1) is 12.9.